The molecule has 1 aromatic heterocycles. The van der Waals surface area contributed by atoms with E-state index >= 15 is 0 Å². The highest BCUT2D eigenvalue weighted by molar-refractivity contribution is 7.90. The van der Waals surface area contributed by atoms with E-state index in [2.05, 4.69) is 17.7 Å². The van der Waals surface area contributed by atoms with Crippen molar-refractivity contribution < 1.29 is 8.97 Å². The maximum atomic E-state index is 12.1. The van der Waals surface area contributed by atoms with E-state index in [1.807, 2.05) is 45.9 Å². The summed E-state index contributed by atoms with van der Waals surface area (Å²) in [6.45, 7) is 9.87. The third-order valence-electron chi connectivity index (χ3n) is 2.96. The predicted octanol–water partition coefficient (Wildman–Crippen LogP) is 3.85. The van der Waals surface area contributed by atoms with Crippen molar-refractivity contribution in [1.82, 2.24) is 4.72 Å². The van der Waals surface area contributed by atoms with E-state index in [0.717, 1.165) is 16.7 Å². The van der Waals surface area contributed by atoms with Crippen LogP contribution in [0, 0.1) is 6.92 Å². The van der Waals surface area contributed by atoms with Crippen molar-refractivity contribution in [2.24, 2.45) is 0 Å². The number of rotatable bonds is 3. The lowest BCUT2D eigenvalue weighted by Gasteiger charge is -2.25. The zero-order valence-corrected chi connectivity index (χ0v) is 12.9. The molecule has 0 saturated carbocycles. The lowest BCUT2D eigenvalue weighted by atomic mass is 10.2. The summed E-state index contributed by atoms with van der Waals surface area (Å²) >= 11 is -1.10. The van der Waals surface area contributed by atoms with Crippen molar-refractivity contribution in [2.75, 3.05) is 0 Å². The zero-order chi connectivity index (χ0) is 14.2. The highest BCUT2D eigenvalue weighted by Gasteiger charge is 2.29. The van der Waals surface area contributed by atoms with Gasteiger partial charge in [-0.3, -0.25) is 0 Å². The molecule has 1 heterocycles. The van der Waals surface area contributed by atoms with Gasteiger partial charge in [0, 0.05) is 16.7 Å². The fraction of sp³-hybridized carbons (Fsp3) is 0.467. The second kappa shape index (κ2) is 5.19. The zero-order valence-electron chi connectivity index (χ0n) is 12.1. The van der Waals surface area contributed by atoms with Gasteiger partial charge in [0.15, 0.2) is 0 Å². The number of hydrogen-bond acceptors (Lipinski definition) is 3. The van der Waals surface area contributed by atoms with E-state index < -0.39 is 11.4 Å². The molecule has 0 aliphatic heterocycles. The summed E-state index contributed by atoms with van der Waals surface area (Å²) in [6.07, 6.45) is 0. The first kappa shape index (κ1) is 14.4. The minimum Gasteiger partial charge on any atom is -0.598 e. The maximum Gasteiger partial charge on any atom is 0.136 e. The van der Waals surface area contributed by atoms with Crippen molar-refractivity contribution in [1.29, 1.82) is 0 Å². The third kappa shape index (κ3) is 3.32. The molecule has 0 spiro atoms. The van der Waals surface area contributed by atoms with Crippen molar-refractivity contribution in [2.45, 2.75) is 45.4 Å². The molecular formula is C15H21NO2S. The Morgan fingerprint density at radius 3 is 2.58 bits per heavy atom. The average Bonchev–Trinajstić information content (AvgIpc) is 2.70. The van der Waals surface area contributed by atoms with Crippen LogP contribution in [0.15, 0.2) is 28.7 Å². The van der Waals surface area contributed by atoms with Crippen LogP contribution in [0.1, 0.15) is 45.1 Å². The van der Waals surface area contributed by atoms with Gasteiger partial charge in [-0.2, -0.15) is 0 Å². The third-order valence-corrected chi connectivity index (χ3v) is 4.64. The van der Waals surface area contributed by atoms with E-state index in [0.29, 0.717) is 0 Å². The van der Waals surface area contributed by atoms with E-state index in [4.69, 9.17) is 4.42 Å². The Balaban J connectivity index is 2.20. The highest BCUT2D eigenvalue weighted by atomic mass is 32.2. The molecule has 2 atom stereocenters. The van der Waals surface area contributed by atoms with Crippen LogP contribution in [0.3, 0.4) is 0 Å². The number of furan rings is 1. The van der Waals surface area contributed by atoms with Crippen molar-refractivity contribution >= 4 is 22.3 Å². The summed E-state index contributed by atoms with van der Waals surface area (Å²) in [5, 5.41) is 1.09. The molecule has 19 heavy (non-hydrogen) atoms. The summed E-state index contributed by atoms with van der Waals surface area (Å²) < 4.78 is 20.7. The monoisotopic (exact) mass is 279 g/mol. The minimum atomic E-state index is -1.10. The van der Waals surface area contributed by atoms with Gasteiger partial charge in [-0.1, -0.05) is 11.6 Å². The molecule has 0 aliphatic carbocycles. The molecule has 1 N–H and O–H groups in total. The van der Waals surface area contributed by atoms with Crippen LogP contribution in [0.2, 0.25) is 0 Å². The second-order valence-corrected chi connectivity index (χ2v) is 7.91. The van der Waals surface area contributed by atoms with Gasteiger partial charge in [-0.25, -0.2) is 0 Å². The molecule has 2 aromatic rings. The van der Waals surface area contributed by atoms with Crippen molar-refractivity contribution in [3.8, 4) is 0 Å². The summed E-state index contributed by atoms with van der Waals surface area (Å²) in [6, 6.07) is 8.03. The Labute approximate surface area is 117 Å². The molecule has 3 nitrogen and oxygen atoms in total. The van der Waals surface area contributed by atoms with Gasteiger partial charge in [0.2, 0.25) is 0 Å². The van der Waals surface area contributed by atoms with Crippen LogP contribution >= 0.6 is 0 Å². The maximum absolute atomic E-state index is 12.1. The Hall–Kier alpha value is -0.970. The number of fused-ring (bicyclic) bond motifs is 1. The lowest BCUT2D eigenvalue weighted by Crippen LogP contribution is -2.40. The SMILES string of the molecule is Cc1ccc2oc([C@@H](C)N[S@@+]([O-])C(C)(C)C)cc2c1. The van der Waals surface area contributed by atoms with Gasteiger partial charge in [-0.05, 0) is 52.8 Å². The smallest absolute Gasteiger partial charge is 0.136 e. The fourth-order valence-electron chi connectivity index (χ4n) is 1.79. The van der Waals surface area contributed by atoms with Crippen LogP contribution in [0.4, 0.5) is 0 Å². The van der Waals surface area contributed by atoms with Crippen LogP contribution in [0.5, 0.6) is 0 Å². The van der Waals surface area contributed by atoms with Crippen LogP contribution in [-0.2, 0) is 11.4 Å². The summed E-state index contributed by atoms with van der Waals surface area (Å²) in [7, 11) is 0. The Bertz CT molecular complexity index is 571. The molecule has 1 aromatic carbocycles. The number of hydrogen-bond donors (Lipinski definition) is 1. The van der Waals surface area contributed by atoms with Gasteiger partial charge >= 0.3 is 0 Å². The van der Waals surface area contributed by atoms with E-state index in [1.54, 1.807) is 0 Å². The van der Waals surface area contributed by atoms with Gasteiger partial charge in [0.05, 0.1) is 0 Å². The van der Waals surface area contributed by atoms with E-state index in [1.165, 1.54) is 5.56 Å². The van der Waals surface area contributed by atoms with Gasteiger partial charge in [-0.15, -0.1) is 4.72 Å². The molecule has 0 aliphatic rings. The molecule has 4 heteroatoms. The van der Waals surface area contributed by atoms with Crippen LogP contribution in [0.25, 0.3) is 11.0 Å². The standard InChI is InChI=1S/C15H21NO2S/c1-10-6-7-13-12(8-10)9-14(18-13)11(2)16-19(17)15(3,4)5/h6-9,11,16H,1-5H3/t11-,19+/m1/s1. The topological polar surface area (TPSA) is 48.2 Å². The fourth-order valence-corrected chi connectivity index (χ4v) is 2.58. The molecule has 0 fully saturated rings. The molecule has 0 amide bonds. The number of nitrogens with one attached hydrogen (secondary N) is 1. The quantitative estimate of drug-likeness (QED) is 0.868. The molecular weight excluding hydrogens is 258 g/mol. The normalized spacial score (nSPS) is 15.7. The average molecular weight is 279 g/mol. The van der Waals surface area contributed by atoms with Crippen molar-refractivity contribution in [3.05, 3.63) is 35.6 Å². The minimum absolute atomic E-state index is 0.0761. The summed E-state index contributed by atoms with van der Waals surface area (Å²) in [4.78, 5) is 0. The van der Waals surface area contributed by atoms with E-state index in [-0.39, 0.29) is 10.8 Å². The largest absolute Gasteiger partial charge is 0.598 e. The molecule has 2 rings (SSSR count). The summed E-state index contributed by atoms with van der Waals surface area (Å²) in [5.41, 5.74) is 2.08. The molecule has 0 unspecified atom stereocenters. The highest BCUT2D eigenvalue weighted by Crippen LogP contribution is 2.26. The first-order valence-electron chi connectivity index (χ1n) is 6.45. The molecule has 0 saturated heterocycles. The van der Waals surface area contributed by atoms with E-state index in [9.17, 15) is 4.55 Å². The van der Waals surface area contributed by atoms with Crippen LogP contribution in [-0.4, -0.2) is 9.30 Å². The van der Waals surface area contributed by atoms with Gasteiger partial charge < -0.3 is 8.97 Å². The Morgan fingerprint density at radius 2 is 1.95 bits per heavy atom. The first-order valence-corrected chi connectivity index (χ1v) is 7.60. The number of benzene rings is 1. The second-order valence-electron chi connectivity index (χ2n) is 5.91. The van der Waals surface area contributed by atoms with Crippen molar-refractivity contribution in [3.63, 3.8) is 0 Å². The predicted molar refractivity (Wildman–Crippen MR) is 80.4 cm³/mol. The van der Waals surface area contributed by atoms with Crippen LogP contribution < -0.4 is 4.72 Å². The lowest BCUT2D eigenvalue weighted by molar-refractivity contribution is 0.475. The number of aryl methyl sites for hydroxylation is 1. The van der Waals surface area contributed by atoms with Gasteiger partial charge in [0.1, 0.15) is 22.1 Å². The summed E-state index contributed by atoms with van der Waals surface area (Å²) in [5.74, 6) is 0.818. The molecule has 0 bridgehead atoms. The Kier molecular flexibility index (Phi) is 3.95. The molecule has 0 radical (unpaired) electrons. The van der Waals surface area contributed by atoms with Gasteiger partial charge in [0.25, 0.3) is 0 Å². The Morgan fingerprint density at radius 1 is 1.26 bits per heavy atom. The molecule has 104 valence electrons. The first-order chi connectivity index (χ1) is 8.77.